The van der Waals surface area contributed by atoms with Gasteiger partial charge in [0.15, 0.2) is 0 Å². The summed E-state index contributed by atoms with van der Waals surface area (Å²) in [6.45, 7) is 8.13. The summed E-state index contributed by atoms with van der Waals surface area (Å²) in [6, 6.07) is 16.7. The Bertz CT molecular complexity index is 688. The Balaban J connectivity index is 1.43. The lowest BCUT2D eigenvalue weighted by Gasteiger charge is -2.34. The highest BCUT2D eigenvalue weighted by atomic mass is 79.9. The van der Waals surface area contributed by atoms with Crippen LogP contribution in [0.25, 0.3) is 0 Å². The first-order chi connectivity index (χ1) is 13.2. The predicted molar refractivity (Wildman–Crippen MR) is 113 cm³/mol. The van der Waals surface area contributed by atoms with Gasteiger partial charge in [-0.2, -0.15) is 0 Å². The highest BCUT2D eigenvalue weighted by molar-refractivity contribution is 9.10. The molecule has 0 aromatic heterocycles. The van der Waals surface area contributed by atoms with Crippen molar-refractivity contribution in [1.82, 2.24) is 9.80 Å². The van der Waals surface area contributed by atoms with E-state index in [1.807, 2.05) is 18.2 Å². The monoisotopic (exact) mass is 432 g/mol. The maximum absolute atomic E-state index is 5.94. The van der Waals surface area contributed by atoms with E-state index in [0.29, 0.717) is 6.61 Å². The van der Waals surface area contributed by atoms with Crippen molar-refractivity contribution in [3.63, 3.8) is 0 Å². The zero-order valence-corrected chi connectivity index (χ0v) is 17.7. The second-order valence-electron chi connectivity index (χ2n) is 6.97. The molecule has 1 fully saturated rings. The molecule has 0 unspecified atom stereocenters. The predicted octanol–water partition coefficient (Wildman–Crippen LogP) is 3.83. The Morgan fingerprint density at radius 2 is 1.59 bits per heavy atom. The number of nitrogens with zero attached hydrogens (tertiary/aromatic N) is 2. The molecule has 3 rings (SSSR count). The van der Waals surface area contributed by atoms with Crippen molar-refractivity contribution in [3.05, 3.63) is 64.1 Å². The molecule has 1 aliphatic rings. The maximum Gasteiger partial charge on any atom is 0.134 e. The van der Waals surface area contributed by atoms with Crippen LogP contribution in [-0.2, 0) is 17.8 Å². The molecule has 0 radical (unpaired) electrons. The molecule has 146 valence electrons. The molecule has 4 nitrogen and oxygen atoms in total. The Morgan fingerprint density at radius 3 is 2.26 bits per heavy atom. The minimum atomic E-state index is 0.589. The lowest BCUT2D eigenvalue weighted by molar-refractivity contribution is 0.0975. The topological polar surface area (TPSA) is 24.9 Å². The molecule has 2 aromatic rings. The average molecular weight is 433 g/mol. The minimum Gasteiger partial charge on any atom is -0.488 e. The summed E-state index contributed by atoms with van der Waals surface area (Å²) in [7, 11) is 1.77. The molecule has 27 heavy (non-hydrogen) atoms. The Morgan fingerprint density at radius 1 is 0.889 bits per heavy atom. The normalized spacial score (nSPS) is 15.8. The van der Waals surface area contributed by atoms with E-state index in [9.17, 15) is 0 Å². The van der Waals surface area contributed by atoms with E-state index >= 15 is 0 Å². The Hall–Kier alpha value is -1.40. The van der Waals surface area contributed by atoms with Crippen LogP contribution < -0.4 is 4.74 Å². The van der Waals surface area contributed by atoms with Gasteiger partial charge in [-0.1, -0.05) is 36.4 Å². The van der Waals surface area contributed by atoms with Crippen LogP contribution in [0.2, 0.25) is 0 Å². The van der Waals surface area contributed by atoms with Crippen LogP contribution in [0.1, 0.15) is 11.1 Å². The van der Waals surface area contributed by atoms with E-state index < -0.39 is 0 Å². The van der Waals surface area contributed by atoms with Gasteiger partial charge in [0.05, 0.1) is 11.1 Å². The molecule has 0 atom stereocenters. The van der Waals surface area contributed by atoms with Crippen LogP contribution in [0.5, 0.6) is 5.75 Å². The zero-order valence-electron chi connectivity index (χ0n) is 16.1. The SMILES string of the molecule is COCCN1CCN(CCc2ccc(OCc3ccccc3)c(Br)c2)CC1. The first kappa shape index (κ1) is 20.3. The number of hydrogen-bond donors (Lipinski definition) is 0. The Kier molecular flexibility index (Phi) is 8.14. The van der Waals surface area contributed by atoms with Crippen molar-refractivity contribution in [2.24, 2.45) is 0 Å². The standard InChI is InChI=1S/C22H29BrN2O2/c1-26-16-15-25-13-11-24(12-14-25)10-9-19-7-8-22(21(23)17-19)27-18-20-5-3-2-4-6-20/h2-8,17H,9-16,18H2,1H3. The first-order valence-corrected chi connectivity index (χ1v) is 10.4. The summed E-state index contributed by atoms with van der Waals surface area (Å²) in [5.74, 6) is 0.898. The van der Waals surface area contributed by atoms with Crippen LogP contribution in [0.3, 0.4) is 0 Å². The van der Waals surface area contributed by atoms with E-state index in [0.717, 1.165) is 62.5 Å². The van der Waals surface area contributed by atoms with Crippen LogP contribution >= 0.6 is 15.9 Å². The third kappa shape index (κ3) is 6.61. The van der Waals surface area contributed by atoms with Crippen molar-refractivity contribution in [2.45, 2.75) is 13.0 Å². The molecule has 0 N–H and O–H groups in total. The number of methoxy groups -OCH3 is 1. The van der Waals surface area contributed by atoms with E-state index in [4.69, 9.17) is 9.47 Å². The number of hydrogen-bond acceptors (Lipinski definition) is 4. The van der Waals surface area contributed by atoms with Gasteiger partial charge in [-0.25, -0.2) is 0 Å². The number of piperazine rings is 1. The molecular formula is C22H29BrN2O2. The van der Waals surface area contributed by atoms with Gasteiger partial charge in [-0.3, -0.25) is 4.90 Å². The molecule has 0 aliphatic carbocycles. The third-order valence-electron chi connectivity index (χ3n) is 5.03. The fourth-order valence-corrected chi connectivity index (χ4v) is 3.84. The lowest BCUT2D eigenvalue weighted by atomic mass is 10.1. The minimum absolute atomic E-state index is 0.589. The molecule has 0 bridgehead atoms. The van der Waals surface area contributed by atoms with Gasteiger partial charge >= 0.3 is 0 Å². The number of halogens is 1. The van der Waals surface area contributed by atoms with Gasteiger partial charge in [0, 0.05) is 46.4 Å². The van der Waals surface area contributed by atoms with Crippen LogP contribution in [0, 0.1) is 0 Å². The highest BCUT2D eigenvalue weighted by Gasteiger charge is 2.16. The van der Waals surface area contributed by atoms with E-state index in [1.165, 1.54) is 11.1 Å². The number of benzene rings is 2. The van der Waals surface area contributed by atoms with Gasteiger partial charge in [0.25, 0.3) is 0 Å². The van der Waals surface area contributed by atoms with Crippen molar-refractivity contribution in [3.8, 4) is 5.75 Å². The first-order valence-electron chi connectivity index (χ1n) is 9.63. The maximum atomic E-state index is 5.94. The fourth-order valence-electron chi connectivity index (χ4n) is 3.30. The van der Waals surface area contributed by atoms with Crippen molar-refractivity contribution in [2.75, 3.05) is 53.0 Å². The van der Waals surface area contributed by atoms with Gasteiger partial charge in [-0.15, -0.1) is 0 Å². The molecule has 1 heterocycles. The van der Waals surface area contributed by atoms with Crippen molar-refractivity contribution < 1.29 is 9.47 Å². The summed E-state index contributed by atoms with van der Waals surface area (Å²) < 4.78 is 12.1. The average Bonchev–Trinajstić information content (AvgIpc) is 2.71. The van der Waals surface area contributed by atoms with Gasteiger partial charge < -0.3 is 14.4 Å². The molecule has 1 saturated heterocycles. The van der Waals surface area contributed by atoms with Crippen molar-refractivity contribution >= 4 is 15.9 Å². The smallest absolute Gasteiger partial charge is 0.134 e. The van der Waals surface area contributed by atoms with E-state index in [-0.39, 0.29) is 0 Å². The largest absolute Gasteiger partial charge is 0.488 e. The second kappa shape index (κ2) is 10.8. The molecule has 0 amide bonds. The molecular weight excluding hydrogens is 404 g/mol. The van der Waals surface area contributed by atoms with Crippen LogP contribution in [0.15, 0.2) is 53.0 Å². The molecule has 1 aliphatic heterocycles. The second-order valence-corrected chi connectivity index (χ2v) is 7.82. The van der Waals surface area contributed by atoms with E-state index in [2.05, 4.69) is 56.1 Å². The Labute approximate surface area is 171 Å². The molecule has 5 heteroatoms. The van der Waals surface area contributed by atoms with Crippen LogP contribution in [0.4, 0.5) is 0 Å². The van der Waals surface area contributed by atoms with E-state index in [1.54, 1.807) is 7.11 Å². The van der Waals surface area contributed by atoms with Crippen molar-refractivity contribution in [1.29, 1.82) is 0 Å². The summed E-state index contributed by atoms with van der Waals surface area (Å²) in [5.41, 5.74) is 2.52. The van der Waals surface area contributed by atoms with Gasteiger partial charge in [-0.05, 0) is 45.6 Å². The zero-order chi connectivity index (χ0) is 18.9. The van der Waals surface area contributed by atoms with Gasteiger partial charge in [0.1, 0.15) is 12.4 Å². The molecule has 0 saturated carbocycles. The lowest BCUT2D eigenvalue weighted by Crippen LogP contribution is -2.47. The van der Waals surface area contributed by atoms with Gasteiger partial charge in [0.2, 0.25) is 0 Å². The number of rotatable bonds is 9. The third-order valence-corrected chi connectivity index (χ3v) is 5.65. The summed E-state index contributed by atoms with van der Waals surface area (Å²) in [4.78, 5) is 5.03. The fraction of sp³-hybridized carbons (Fsp3) is 0.455. The van der Waals surface area contributed by atoms with Crippen LogP contribution in [-0.4, -0.2) is 62.8 Å². The molecule has 2 aromatic carbocycles. The summed E-state index contributed by atoms with van der Waals surface area (Å²) in [6.07, 6.45) is 1.07. The molecule has 0 spiro atoms. The quantitative estimate of drug-likeness (QED) is 0.600. The summed E-state index contributed by atoms with van der Waals surface area (Å²) >= 11 is 3.66. The summed E-state index contributed by atoms with van der Waals surface area (Å²) in [5, 5.41) is 0. The highest BCUT2D eigenvalue weighted by Crippen LogP contribution is 2.27. The number of ether oxygens (including phenoxy) is 2.